The number of H-pyrrole nitrogens is 1. The third-order valence-electron chi connectivity index (χ3n) is 3.82. The molecule has 0 spiro atoms. The number of ether oxygens (including phenoxy) is 2. The van der Waals surface area contributed by atoms with Crippen LogP contribution in [0.25, 0.3) is 11.1 Å². The molecule has 10 heteroatoms. The highest BCUT2D eigenvalue weighted by molar-refractivity contribution is 6.08. The molecule has 146 valence electrons. The molecular formula is C18H17N3O7. The molecule has 5 N–H and O–H groups in total. The van der Waals surface area contributed by atoms with Crippen LogP contribution in [-0.2, 0) is 0 Å². The first-order chi connectivity index (χ1) is 13.3. The number of nitrogens with one attached hydrogen (secondary N) is 1. The Balaban J connectivity index is 2.84. The SMILES string of the molecule is COc1cccc(-c2c(C(=O)O)c(N)[nH]c(=O)c2C(=O)O)c1OCCCC#N. The molecule has 2 aromatic rings. The number of pyridine rings is 1. The molecule has 28 heavy (non-hydrogen) atoms. The van der Waals surface area contributed by atoms with Gasteiger partial charge >= 0.3 is 11.9 Å². The highest BCUT2D eigenvalue weighted by Crippen LogP contribution is 2.41. The fourth-order valence-electron chi connectivity index (χ4n) is 2.66. The van der Waals surface area contributed by atoms with Gasteiger partial charge in [-0.15, -0.1) is 0 Å². The number of nitrogen functional groups attached to an aromatic ring is 1. The van der Waals surface area contributed by atoms with Gasteiger partial charge in [-0.3, -0.25) is 4.79 Å². The molecule has 0 amide bonds. The van der Waals surface area contributed by atoms with E-state index in [1.165, 1.54) is 25.3 Å². The van der Waals surface area contributed by atoms with E-state index < -0.39 is 40.0 Å². The molecule has 2 rings (SSSR count). The number of hydrogen-bond acceptors (Lipinski definition) is 7. The first kappa shape index (κ1) is 20.3. The largest absolute Gasteiger partial charge is 0.493 e. The summed E-state index contributed by atoms with van der Waals surface area (Å²) in [7, 11) is 1.35. The lowest BCUT2D eigenvalue weighted by molar-refractivity contribution is 0.0695. The summed E-state index contributed by atoms with van der Waals surface area (Å²) in [4.78, 5) is 37.7. The number of aromatic nitrogens is 1. The molecule has 0 bridgehead atoms. The number of nitrogens with zero attached hydrogens (tertiary/aromatic N) is 1. The Morgan fingerprint density at radius 2 is 1.93 bits per heavy atom. The van der Waals surface area contributed by atoms with E-state index in [0.717, 1.165) is 0 Å². The number of benzene rings is 1. The van der Waals surface area contributed by atoms with Gasteiger partial charge in [0.05, 0.1) is 19.8 Å². The van der Waals surface area contributed by atoms with Crippen molar-refractivity contribution in [2.45, 2.75) is 12.8 Å². The highest BCUT2D eigenvalue weighted by Gasteiger charge is 2.29. The van der Waals surface area contributed by atoms with Crippen LogP contribution < -0.4 is 20.8 Å². The minimum absolute atomic E-state index is 0.0175. The molecule has 0 aliphatic heterocycles. The number of nitriles is 1. The Morgan fingerprint density at radius 3 is 2.50 bits per heavy atom. The summed E-state index contributed by atoms with van der Waals surface area (Å²) < 4.78 is 10.9. The predicted molar refractivity (Wildman–Crippen MR) is 97.7 cm³/mol. The maximum atomic E-state index is 12.2. The number of methoxy groups -OCH3 is 1. The number of aromatic carboxylic acids is 2. The fraction of sp³-hybridized carbons (Fsp3) is 0.222. The molecule has 0 radical (unpaired) electrons. The van der Waals surface area contributed by atoms with Gasteiger partial charge in [0.15, 0.2) is 11.5 Å². The van der Waals surface area contributed by atoms with E-state index in [1.54, 1.807) is 0 Å². The number of rotatable bonds is 8. The van der Waals surface area contributed by atoms with Gasteiger partial charge in [-0.2, -0.15) is 5.26 Å². The molecule has 0 fully saturated rings. The van der Waals surface area contributed by atoms with Gasteiger partial charge < -0.3 is 30.4 Å². The smallest absolute Gasteiger partial charge is 0.342 e. The summed E-state index contributed by atoms with van der Waals surface area (Å²) in [6.07, 6.45) is 0.603. The summed E-state index contributed by atoms with van der Waals surface area (Å²) in [5, 5.41) is 27.7. The molecule has 1 aromatic carbocycles. The number of carboxylic acid groups (broad SMARTS) is 2. The normalized spacial score (nSPS) is 10.1. The third-order valence-corrected chi connectivity index (χ3v) is 3.82. The zero-order valence-electron chi connectivity index (χ0n) is 14.8. The molecule has 0 aliphatic carbocycles. The zero-order valence-corrected chi connectivity index (χ0v) is 14.8. The third kappa shape index (κ3) is 3.88. The molecule has 1 aromatic heterocycles. The maximum absolute atomic E-state index is 12.2. The first-order valence-electron chi connectivity index (χ1n) is 8.02. The number of anilines is 1. The summed E-state index contributed by atoms with van der Waals surface area (Å²) in [6.45, 7) is 0.0877. The topological polar surface area (TPSA) is 176 Å². The second-order valence-electron chi connectivity index (χ2n) is 5.55. The van der Waals surface area contributed by atoms with Crippen molar-refractivity contribution in [3.63, 3.8) is 0 Å². The van der Waals surface area contributed by atoms with E-state index in [-0.39, 0.29) is 30.1 Å². The number of hydrogen-bond donors (Lipinski definition) is 4. The minimum Gasteiger partial charge on any atom is -0.493 e. The van der Waals surface area contributed by atoms with Gasteiger partial charge in [-0.25, -0.2) is 9.59 Å². The van der Waals surface area contributed by atoms with Gasteiger partial charge in [-0.05, 0) is 12.5 Å². The molecule has 10 nitrogen and oxygen atoms in total. The van der Waals surface area contributed by atoms with Crippen LogP contribution in [0.3, 0.4) is 0 Å². The lowest BCUT2D eigenvalue weighted by Crippen LogP contribution is -2.24. The van der Waals surface area contributed by atoms with Crippen molar-refractivity contribution >= 4 is 17.8 Å². The Bertz CT molecular complexity index is 1020. The van der Waals surface area contributed by atoms with Crippen LogP contribution in [0.4, 0.5) is 5.82 Å². The molecule has 0 saturated heterocycles. The monoisotopic (exact) mass is 387 g/mol. The van der Waals surface area contributed by atoms with Crippen molar-refractivity contribution in [1.29, 1.82) is 5.26 Å². The van der Waals surface area contributed by atoms with Gasteiger partial charge in [0.25, 0.3) is 5.56 Å². The maximum Gasteiger partial charge on any atom is 0.342 e. The van der Waals surface area contributed by atoms with Crippen LogP contribution in [0, 0.1) is 11.3 Å². The molecule has 1 heterocycles. The van der Waals surface area contributed by atoms with E-state index in [9.17, 15) is 24.6 Å². The standard InChI is InChI=1S/C18H17N3O7/c1-27-10-6-4-5-9(14(10)28-8-3-2-7-19)11-12(17(23)24)15(20)21-16(22)13(11)18(25)26/h4-6H,2-3,8H2,1H3,(H,23,24)(H,25,26)(H3,20,21,22). The number of aromatic amines is 1. The number of nitrogens with two attached hydrogens (primary N) is 1. The van der Waals surface area contributed by atoms with Crippen molar-refractivity contribution in [3.05, 3.63) is 39.7 Å². The Labute approximate surface area is 158 Å². The van der Waals surface area contributed by atoms with E-state index in [2.05, 4.69) is 0 Å². The lowest BCUT2D eigenvalue weighted by atomic mass is 9.94. The van der Waals surface area contributed by atoms with Crippen LogP contribution in [0.15, 0.2) is 23.0 Å². The molecule has 0 atom stereocenters. The van der Waals surface area contributed by atoms with Crippen molar-refractivity contribution in [1.82, 2.24) is 4.98 Å². The Kier molecular flexibility index (Phi) is 6.23. The van der Waals surface area contributed by atoms with Crippen LogP contribution >= 0.6 is 0 Å². The number of para-hydroxylation sites is 1. The van der Waals surface area contributed by atoms with Gasteiger partial charge in [0.1, 0.15) is 16.9 Å². The van der Waals surface area contributed by atoms with E-state index >= 15 is 0 Å². The predicted octanol–water partition coefficient (Wildman–Crippen LogP) is 1.71. The van der Waals surface area contributed by atoms with Crippen molar-refractivity contribution in [2.75, 3.05) is 19.5 Å². The van der Waals surface area contributed by atoms with Crippen molar-refractivity contribution in [2.24, 2.45) is 0 Å². The van der Waals surface area contributed by atoms with Gasteiger partial charge in [0.2, 0.25) is 0 Å². The van der Waals surface area contributed by atoms with Crippen molar-refractivity contribution in [3.8, 4) is 28.7 Å². The van der Waals surface area contributed by atoms with Gasteiger partial charge in [0, 0.05) is 17.5 Å². The van der Waals surface area contributed by atoms with Crippen LogP contribution in [0.5, 0.6) is 11.5 Å². The lowest BCUT2D eigenvalue weighted by Gasteiger charge is -2.18. The number of unbranched alkanes of at least 4 members (excludes halogenated alkanes) is 1. The number of carbonyl (C=O) groups is 2. The zero-order chi connectivity index (χ0) is 20.8. The van der Waals surface area contributed by atoms with Crippen LogP contribution in [0.2, 0.25) is 0 Å². The summed E-state index contributed by atoms with van der Waals surface area (Å²) in [5.41, 5.74) is 2.86. The van der Waals surface area contributed by atoms with Crippen LogP contribution in [-0.4, -0.2) is 40.9 Å². The van der Waals surface area contributed by atoms with E-state index in [1.807, 2.05) is 11.1 Å². The molecular weight excluding hydrogens is 370 g/mol. The molecule has 0 unspecified atom stereocenters. The Hall–Kier alpha value is -4.00. The highest BCUT2D eigenvalue weighted by atomic mass is 16.5. The summed E-state index contributed by atoms with van der Waals surface area (Å²) in [6, 6.07) is 6.38. The second-order valence-corrected chi connectivity index (χ2v) is 5.55. The summed E-state index contributed by atoms with van der Waals surface area (Å²) >= 11 is 0. The van der Waals surface area contributed by atoms with Crippen LogP contribution in [0.1, 0.15) is 33.6 Å². The number of carboxylic acids is 2. The quantitative estimate of drug-likeness (QED) is 0.491. The average molecular weight is 387 g/mol. The fourth-order valence-corrected chi connectivity index (χ4v) is 2.66. The molecule has 0 saturated carbocycles. The minimum atomic E-state index is -1.63. The van der Waals surface area contributed by atoms with E-state index in [4.69, 9.17) is 20.5 Å². The van der Waals surface area contributed by atoms with Gasteiger partial charge in [-0.1, -0.05) is 12.1 Å². The second kappa shape index (κ2) is 8.59. The van der Waals surface area contributed by atoms with E-state index in [0.29, 0.717) is 6.42 Å². The first-order valence-corrected chi connectivity index (χ1v) is 8.02. The Morgan fingerprint density at radius 1 is 1.25 bits per heavy atom. The van der Waals surface area contributed by atoms with Crippen molar-refractivity contribution < 1.29 is 29.3 Å². The summed E-state index contributed by atoms with van der Waals surface area (Å²) in [5.74, 6) is -3.41. The molecule has 0 aliphatic rings. The average Bonchev–Trinajstić information content (AvgIpc) is 2.63.